The van der Waals surface area contributed by atoms with Crippen LogP contribution in [-0.4, -0.2) is 12.6 Å². The molecule has 0 amide bonds. The Hall–Kier alpha value is -0.440. The first-order valence-corrected chi connectivity index (χ1v) is 7.81. The first-order chi connectivity index (χ1) is 9.20. The minimum absolute atomic E-state index is 0.309. The number of halogens is 2. The molecule has 1 aromatic carbocycles. The zero-order valence-corrected chi connectivity index (χ0v) is 12.9. The number of nitrogens with one attached hydrogen (secondary N) is 1. The van der Waals surface area contributed by atoms with E-state index in [0.717, 1.165) is 43.7 Å². The lowest BCUT2D eigenvalue weighted by Crippen LogP contribution is -2.17. The van der Waals surface area contributed by atoms with Crippen LogP contribution in [-0.2, 0) is 6.54 Å². The molecule has 0 saturated heterocycles. The average Bonchev–Trinajstić information content (AvgIpc) is 2.86. The number of hydrogen-bond donors (Lipinski definition) is 1. The summed E-state index contributed by atoms with van der Waals surface area (Å²) < 4.78 is 6.09. The SMILES string of the molecule is CCCNCc1cc(Cl)cc(Cl)c1OC1CCCC1. The monoisotopic (exact) mass is 301 g/mol. The van der Waals surface area contributed by atoms with E-state index >= 15 is 0 Å². The maximum absolute atomic E-state index is 6.29. The van der Waals surface area contributed by atoms with Crippen molar-refractivity contribution in [2.75, 3.05) is 6.54 Å². The summed E-state index contributed by atoms with van der Waals surface area (Å²) in [6, 6.07) is 3.71. The molecule has 2 rings (SSSR count). The third kappa shape index (κ3) is 4.27. The molecule has 2 nitrogen and oxygen atoms in total. The Kier molecular flexibility index (Phi) is 5.80. The van der Waals surface area contributed by atoms with Gasteiger partial charge in [0.15, 0.2) is 0 Å². The fourth-order valence-electron chi connectivity index (χ4n) is 2.45. The summed E-state index contributed by atoms with van der Waals surface area (Å²) in [7, 11) is 0. The summed E-state index contributed by atoms with van der Waals surface area (Å²) in [5.41, 5.74) is 1.05. The van der Waals surface area contributed by atoms with Gasteiger partial charge < -0.3 is 10.1 Å². The van der Waals surface area contributed by atoms with Gasteiger partial charge in [-0.15, -0.1) is 0 Å². The zero-order valence-electron chi connectivity index (χ0n) is 11.3. The molecule has 1 saturated carbocycles. The quantitative estimate of drug-likeness (QED) is 0.761. The van der Waals surface area contributed by atoms with Crippen molar-refractivity contribution < 1.29 is 4.74 Å². The maximum Gasteiger partial charge on any atom is 0.142 e. The minimum atomic E-state index is 0.309. The van der Waals surface area contributed by atoms with E-state index in [9.17, 15) is 0 Å². The van der Waals surface area contributed by atoms with Gasteiger partial charge in [0, 0.05) is 17.1 Å². The fraction of sp³-hybridized carbons (Fsp3) is 0.600. The summed E-state index contributed by atoms with van der Waals surface area (Å²) in [5.74, 6) is 0.807. The highest BCUT2D eigenvalue weighted by Crippen LogP contribution is 2.35. The standard InChI is InChI=1S/C15H21Cl2NO/c1-2-7-18-10-11-8-12(16)9-14(17)15(11)19-13-5-3-4-6-13/h8-9,13,18H,2-7,10H2,1H3. The lowest BCUT2D eigenvalue weighted by Gasteiger charge is -2.18. The maximum atomic E-state index is 6.29. The van der Waals surface area contributed by atoms with Crippen LogP contribution < -0.4 is 10.1 Å². The molecular weight excluding hydrogens is 281 g/mol. The van der Waals surface area contributed by atoms with Gasteiger partial charge in [0.2, 0.25) is 0 Å². The Labute approximate surface area is 125 Å². The molecule has 1 N–H and O–H groups in total. The molecule has 0 bridgehead atoms. The van der Waals surface area contributed by atoms with Crippen molar-refractivity contribution in [3.8, 4) is 5.75 Å². The van der Waals surface area contributed by atoms with Crippen LogP contribution in [0.25, 0.3) is 0 Å². The van der Waals surface area contributed by atoms with Crippen molar-refractivity contribution in [1.82, 2.24) is 5.32 Å². The molecule has 0 aromatic heterocycles. The first kappa shape index (κ1) is 15.0. The van der Waals surface area contributed by atoms with Crippen LogP contribution in [0.1, 0.15) is 44.6 Å². The molecule has 1 aromatic rings. The largest absolute Gasteiger partial charge is 0.489 e. The smallest absolute Gasteiger partial charge is 0.142 e. The van der Waals surface area contributed by atoms with E-state index in [1.165, 1.54) is 12.8 Å². The molecule has 0 aliphatic heterocycles. The molecule has 4 heteroatoms. The number of ether oxygens (including phenoxy) is 1. The van der Waals surface area contributed by atoms with E-state index in [4.69, 9.17) is 27.9 Å². The molecule has 0 radical (unpaired) electrons. The highest BCUT2D eigenvalue weighted by atomic mass is 35.5. The summed E-state index contributed by atoms with van der Waals surface area (Å²) in [4.78, 5) is 0. The summed E-state index contributed by atoms with van der Waals surface area (Å²) in [5, 5.41) is 4.66. The van der Waals surface area contributed by atoms with Gasteiger partial charge in [0.1, 0.15) is 5.75 Å². The summed E-state index contributed by atoms with van der Waals surface area (Å²) in [6.45, 7) is 3.87. The minimum Gasteiger partial charge on any atom is -0.489 e. The van der Waals surface area contributed by atoms with E-state index < -0.39 is 0 Å². The Morgan fingerprint density at radius 1 is 1.26 bits per heavy atom. The Morgan fingerprint density at radius 3 is 2.68 bits per heavy atom. The normalized spacial score (nSPS) is 15.9. The Bertz CT molecular complexity index is 417. The predicted octanol–water partition coefficient (Wildman–Crippen LogP) is 4.81. The van der Waals surface area contributed by atoms with Gasteiger partial charge in [0.25, 0.3) is 0 Å². The van der Waals surface area contributed by atoms with Crippen LogP contribution in [0.4, 0.5) is 0 Å². The second kappa shape index (κ2) is 7.37. The van der Waals surface area contributed by atoms with E-state index in [0.29, 0.717) is 16.1 Å². The van der Waals surface area contributed by atoms with Crippen LogP contribution >= 0.6 is 23.2 Å². The number of rotatable bonds is 6. The number of hydrogen-bond acceptors (Lipinski definition) is 2. The third-order valence-corrected chi connectivity index (χ3v) is 3.91. The van der Waals surface area contributed by atoms with Crippen LogP contribution in [0.3, 0.4) is 0 Å². The van der Waals surface area contributed by atoms with Gasteiger partial charge in [-0.05, 0) is 50.8 Å². The van der Waals surface area contributed by atoms with Crippen molar-refractivity contribution >= 4 is 23.2 Å². The molecule has 19 heavy (non-hydrogen) atoms. The molecule has 1 fully saturated rings. The molecular formula is C15H21Cl2NO. The number of benzene rings is 1. The van der Waals surface area contributed by atoms with E-state index in [1.807, 2.05) is 6.07 Å². The van der Waals surface area contributed by atoms with Gasteiger partial charge in [-0.25, -0.2) is 0 Å². The molecule has 0 spiro atoms. The van der Waals surface area contributed by atoms with Gasteiger partial charge >= 0.3 is 0 Å². The third-order valence-electron chi connectivity index (χ3n) is 3.41. The molecule has 1 aliphatic rings. The average molecular weight is 302 g/mol. The van der Waals surface area contributed by atoms with Crippen LogP contribution in [0.15, 0.2) is 12.1 Å². The predicted molar refractivity (Wildman–Crippen MR) is 81.3 cm³/mol. The fourth-order valence-corrected chi connectivity index (χ4v) is 3.03. The molecule has 0 heterocycles. The van der Waals surface area contributed by atoms with Gasteiger partial charge in [-0.2, -0.15) is 0 Å². The summed E-state index contributed by atoms with van der Waals surface area (Å²) >= 11 is 12.4. The van der Waals surface area contributed by atoms with Gasteiger partial charge in [-0.1, -0.05) is 30.1 Å². The van der Waals surface area contributed by atoms with E-state index in [1.54, 1.807) is 6.07 Å². The lowest BCUT2D eigenvalue weighted by atomic mass is 10.2. The topological polar surface area (TPSA) is 21.3 Å². The highest BCUT2D eigenvalue weighted by Gasteiger charge is 2.20. The Morgan fingerprint density at radius 2 is 2.00 bits per heavy atom. The van der Waals surface area contributed by atoms with Crippen molar-refractivity contribution in [2.24, 2.45) is 0 Å². The van der Waals surface area contributed by atoms with Crippen LogP contribution in [0, 0.1) is 0 Å². The Balaban J connectivity index is 2.13. The molecule has 106 valence electrons. The van der Waals surface area contributed by atoms with Crippen LogP contribution in [0.2, 0.25) is 10.0 Å². The molecule has 1 aliphatic carbocycles. The van der Waals surface area contributed by atoms with E-state index in [2.05, 4.69) is 12.2 Å². The van der Waals surface area contributed by atoms with Crippen molar-refractivity contribution in [3.05, 3.63) is 27.7 Å². The second-order valence-electron chi connectivity index (χ2n) is 5.08. The van der Waals surface area contributed by atoms with Gasteiger partial charge in [0.05, 0.1) is 11.1 Å². The summed E-state index contributed by atoms with van der Waals surface area (Å²) in [6.07, 6.45) is 6.16. The second-order valence-corrected chi connectivity index (χ2v) is 5.92. The van der Waals surface area contributed by atoms with Crippen molar-refractivity contribution in [1.29, 1.82) is 0 Å². The van der Waals surface area contributed by atoms with Crippen LogP contribution in [0.5, 0.6) is 5.75 Å². The van der Waals surface area contributed by atoms with E-state index in [-0.39, 0.29) is 0 Å². The van der Waals surface area contributed by atoms with Gasteiger partial charge in [-0.3, -0.25) is 0 Å². The first-order valence-electron chi connectivity index (χ1n) is 7.06. The lowest BCUT2D eigenvalue weighted by molar-refractivity contribution is 0.207. The molecule has 0 atom stereocenters. The highest BCUT2D eigenvalue weighted by molar-refractivity contribution is 6.35. The molecule has 0 unspecified atom stereocenters. The van der Waals surface area contributed by atoms with Crippen molar-refractivity contribution in [2.45, 2.75) is 51.7 Å². The van der Waals surface area contributed by atoms with Crippen molar-refractivity contribution in [3.63, 3.8) is 0 Å². The zero-order chi connectivity index (χ0) is 13.7.